The molecular formula is C20H28O3. The van der Waals surface area contributed by atoms with Crippen LogP contribution in [0.25, 0.3) is 0 Å². The smallest absolute Gasteiger partial charge is 0.119 e. The third kappa shape index (κ3) is 7.82. The van der Waals surface area contributed by atoms with E-state index in [1.807, 2.05) is 31.2 Å². The number of rotatable bonds is 7. The Morgan fingerprint density at radius 3 is 1.87 bits per heavy atom. The molecule has 1 N–H and O–H groups in total. The molecule has 0 aromatic heterocycles. The molecule has 126 valence electrons. The van der Waals surface area contributed by atoms with E-state index in [0.29, 0.717) is 13.2 Å². The topological polar surface area (TPSA) is 38.7 Å². The van der Waals surface area contributed by atoms with Crippen molar-refractivity contribution in [2.75, 3.05) is 13.7 Å². The van der Waals surface area contributed by atoms with Crippen molar-refractivity contribution in [2.24, 2.45) is 0 Å². The van der Waals surface area contributed by atoms with E-state index in [2.05, 4.69) is 31.2 Å². The summed E-state index contributed by atoms with van der Waals surface area (Å²) in [7, 11) is 1.72. The fraction of sp³-hybridized carbons (Fsp3) is 0.400. The highest BCUT2D eigenvalue weighted by atomic mass is 16.5. The van der Waals surface area contributed by atoms with Gasteiger partial charge < -0.3 is 14.6 Å². The summed E-state index contributed by atoms with van der Waals surface area (Å²) in [6.45, 7) is 5.63. The Morgan fingerprint density at radius 1 is 0.826 bits per heavy atom. The number of hydrogen-bond donors (Lipinski definition) is 1. The third-order valence-electron chi connectivity index (χ3n) is 3.29. The molecule has 0 bridgehead atoms. The van der Waals surface area contributed by atoms with E-state index >= 15 is 0 Å². The minimum Gasteiger partial charge on any atom is -0.494 e. The zero-order valence-corrected chi connectivity index (χ0v) is 14.4. The van der Waals surface area contributed by atoms with Gasteiger partial charge in [-0.2, -0.15) is 0 Å². The van der Waals surface area contributed by atoms with Gasteiger partial charge in [-0.15, -0.1) is 0 Å². The molecule has 0 spiro atoms. The van der Waals surface area contributed by atoms with Crippen LogP contribution in [-0.2, 0) is 24.4 Å². The Kier molecular flexibility index (Phi) is 9.76. The van der Waals surface area contributed by atoms with Gasteiger partial charge in [0, 0.05) is 7.11 Å². The van der Waals surface area contributed by atoms with E-state index < -0.39 is 0 Å². The third-order valence-corrected chi connectivity index (χ3v) is 3.29. The van der Waals surface area contributed by atoms with Crippen molar-refractivity contribution in [3.05, 3.63) is 65.2 Å². The van der Waals surface area contributed by atoms with E-state index in [4.69, 9.17) is 14.6 Å². The molecule has 3 nitrogen and oxygen atoms in total. The fourth-order valence-corrected chi connectivity index (χ4v) is 2.12. The first kappa shape index (κ1) is 19.2. The van der Waals surface area contributed by atoms with Crippen LogP contribution in [0.15, 0.2) is 48.5 Å². The Hall–Kier alpha value is -1.84. The molecule has 0 amide bonds. The van der Waals surface area contributed by atoms with Crippen LogP contribution >= 0.6 is 0 Å². The number of aliphatic hydroxyl groups is 1. The Bertz CT molecular complexity index is 493. The van der Waals surface area contributed by atoms with Crippen molar-refractivity contribution in [3.8, 4) is 5.75 Å². The summed E-state index contributed by atoms with van der Waals surface area (Å²) in [5.41, 5.74) is 3.57. The minimum absolute atomic E-state index is 0.0897. The van der Waals surface area contributed by atoms with Crippen LogP contribution in [0, 0.1) is 0 Å². The predicted molar refractivity (Wildman–Crippen MR) is 94.7 cm³/mol. The monoisotopic (exact) mass is 316 g/mol. The highest BCUT2D eigenvalue weighted by Gasteiger charge is 1.93. The van der Waals surface area contributed by atoms with Crippen molar-refractivity contribution in [3.63, 3.8) is 0 Å². The van der Waals surface area contributed by atoms with E-state index in [9.17, 15) is 0 Å². The second-order valence-electron chi connectivity index (χ2n) is 5.23. The molecule has 2 aromatic rings. The van der Waals surface area contributed by atoms with Gasteiger partial charge in [0.2, 0.25) is 0 Å². The first-order valence-electron chi connectivity index (χ1n) is 8.12. The van der Waals surface area contributed by atoms with Crippen molar-refractivity contribution in [1.82, 2.24) is 0 Å². The number of methoxy groups -OCH3 is 1. The molecule has 0 aliphatic carbocycles. The lowest BCUT2D eigenvalue weighted by atomic mass is 10.1. The lowest BCUT2D eigenvalue weighted by Crippen LogP contribution is -1.91. The van der Waals surface area contributed by atoms with E-state index in [-0.39, 0.29) is 6.61 Å². The van der Waals surface area contributed by atoms with Crippen LogP contribution in [0.5, 0.6) is 5.75 Å². The average molecular weight is 316 g/mol. The highest BCUT2D eigenvalue weighted by Crippen LogP contribution is 2.11. The molecule has 0 heterocycles. The van der Waals surface area contributed by atoms with Gasteiger partial charge in [0.05, 0.1) is 19.8 Å². The van der Waals surface area contributed by atoms with Gasteiger partial charge in [-0.1, -0.05) is 49.7 Å². The number of benzene rings is 2. The largest absolute Gasteiger partial charge is 0.494 e. The van der Waals surface area contributed by atoms with Crippen molar-refractivity contribution >= 4 is 0 Å². The van der Waals surface area contributed by atoms with Gasteiger partial charge in [0.15, 0.2) is 0 Å². The van der Waals surface area contributed by atoms with Crippen molar-refractivity contribution < 1.29 is 14.6 Å². The Labute approximate surface area is 139 Å². The number of aryl methyl sites for hydroxylation is 1. The van der Waals surface area contributed by atoms with Crippen LogP contribution in [-0.4, -0.2) is 18.8 Å². The Balaban J connectivity index is 0.000000231. The molecule has 0 atom stereocenters. The molecule has 0 unspecified atom stereocenters. The highest BCUT2D eigenvalue weighted by molar-refractivity contribution is 5.26. The van der Waals surface area contributed by atoms with E-state index in [1.165, 1.54) is 24.0 Å². The summed E-state index contributed by atoms with van der Waals surface area (Å²) in [5, 5.41) is 8.72. The van der Waals surface area contributed by atoms with Gasteiger partial charge in [-0.3, -0.25) is 0 Å². The van der Waals surface area contributed by atoms with Crippen molar-refractivity contribution in [2.45, 2.75) is 39.9 Å². The number of ether oxygens (including phenoxy) is 2. The molecule has 0 aliphatic heterocycles. The molecule has 0 radical (unpaired) electrons. The van der Waals surface area contributed by atoms with Gasteiger partial charge in [0.1, 0.15) is 5.75 Å². The summed E-state index contributed by atoms with van der Waals surface area (Å²) in [6.07, 6.45) is 2.39. The predicted octanol–water partition coefficient (Wildman–Crippen LogP) is 4.36. The summed E-state index contributed by atoms with van der Waals surface area (Å²) in [5.74, 6) is 0.852. The minimum atomic E-state index is 0.0897. The molecule has 0 fully saturated rings. The molecule has 2 rings (SSSR count). The van der Waals surface area contributed by atoms with Gasteiger partial charge >= 0.3 is 0 Å². The van der Waals surface area contributed by atoms with Crippen LogP contribution in [0.3, 0.4) is 0 Å². The van der Waals surface area contributed by atoms with Crippen LogP contribution < -0.4 is 4.74 Å². The summed E-state index contributed by atoms with van der Waals surface area (Å²) in [4.78, 5) is 0. The van der Waals surface area contributed by atoms with Crippen LogP contribution in [0.4, 0.5) is 0 Å². The maximum absolute atomic E-state index is 8.72. The first-order valence-corrected chi connectivity index (χ1v) is 8.12. The molecule has 23 heavy (non-hydrogen) atoms. The number of aliphatic hydroxyl groups excluding tert-OH is 1. The second kappa shape index (κ2) is 11.7. The lowest BCUT2D eigenvalue weighted by Gasteiger charge is -2.02. The summed E-state index contributed by atoms with van der Waals surface area (Å²) < 4.78 is 10.3. The zero-order valence-electron chi connectivity index (χ0n) is 14.4. The number of hydrogen-bond acceptors (Lipinski definition) is 3. The molecule has 0 saturated carbocycles. The van der Waals surface area contributed by atoms with Crippen molar-refractivity contribution in [1.29, 1.82) is 0 Å². The molecule has 0 saturated heterocycles. The summed E-state index contributed by atoms with van der Waals surface area (Å²) in [6, 6.07) is 16.0. The zero-order chi connectivity index (χ0) is 16.9. The molecular weight excluding hydrogens is 288 g/mol. The Morgan fingerprint density at radius 2 is 1.39 bits per heavy atom. The van der Waals surface area contributed by atoms with Gasteiger partial charge in [-0.05, 0) is 42.2 Å². The summed E-state index contributed by atoms with van der Waals surface area (Å²) >= 11 is 0. The quantitative estimate of drug-likeness (QED) is 0.824. The molecule has 2 aromatic carbocycles. The lowest BCUT2D eigenvalue weighted by molar-refractivity contribution is 0.185. The molecule has 0 aliphatic rings. The van der Waals surface area contributed by atoms with Gasteiger partial charge in [0.25, 0.3) is 0 Å². The SMILES string of the molecule is CCCc1ccc(COC)cc1.CCOc1ccc(CO)cc1. The second-order valence-corrected chi connectivity index (χ2v) is 5.23. The standard InChI is InChI=1S/C11H16O.C9H12O2/c1-3-4-10-5-7-11(8-6-10)9-12-2;1-2-11-9-5-3-8(7-10)4-6-9/h5-8H,3-4,9H2,1-2H3;3-6,10H,2,7H2,1H3. The average Bonchev–Trinajstić information content (AvgIpc) is 2.59. The maximum atomic E-state index is 8.72. The van der Waals surface area contributed by atoms with E-state index in [1.54, 1.807) is 7.11 Å². The molecule has 3 heteroatoms. The normalized spacial score (nSPS) is 9.91. The van der Waals surface area contributed by atoms with Crippen LogP contribution in [0.1, 0.15) is 37.0 Å². The first-order chi connectivity index (χ1) is 11.2. The maximum Gasteiger partial charge on any atom is 0.119 e. The fourth-order valence-electron chi connectivity index (χ4n) is 2.12. The van der Waals surface area contributed by atoms with Gasteiger partial charge in [-0.25, -0.2) is 0 Å². The van der Waals surface area contributed by atoms with E-state index in [0.717, 1.165) is 11.3 Å². The van der Waals surface area contributed by atoms with Crippen LogP contribution in [0.2, 0.25) is 0 Å².